The average Bonchev–Trinajstić information content (AvgIpc) is 1.99. The Balaban J connectivity index is 3.56. The third-order valence-electron chi connectivity index (χ3n) is 1.69. The second-order valence-corrected chi connectivity index (χ2v) is 4.90. The van der Waals surface area contributed by atoms with Crippen molar-refractivity contribution in [3.05, 3.63) is 0 Å². The van der Waals surface area contributed by atoms with Gasteiger partial charge >= 0.3 is 5.97 Å². The lowest BCUT2D eigenvalue weighted by atomic mass is 10.3. The lowest BCUT2D eigenvalue weighted by molar-refractivity contribution is -0.137. The largest absolute Gasteiger partial charge is 0.481 e. The van der Waals surface area contributed by atoms with Gasteiger partial charge in [-0.25, -0.2) is 13.6 Å². The first kappa shape index (κ1) is 13.3. The zero-order chi connectivity index (χ0) is 11.2. The minimum absolute atomic E-state index is 0.0969. The fourth-order valence-electron chi connectivity index (χ4n) is 0.895. The molecule has 0 radical (unpaired) electrons. The highest BCUT2D eigenvalue weighted by Crippen LogP contribution is 1.93. The van der Waals surface area contributed by atoms with Crippen molar-refractivity contribution in [1.29, 1.82) is 0 Å². The molecule has 0 aliphatic rings. The first-order chi connectivity index (χ1) is 6.31. The topological polar surface area (TPSA) is 101 Å². The normalized spacial score (nSPS) is 11.9. The van der Waals surface area contributed by atoms with E-state index in [-0.39, 0.29) is 12.2 Å². The van der Waals surface area contributed by atoms with Gasteiger partial charge in [0.15, 0.2) is 0 Å². The lowest BCUT2D eigenvalue weighted by Crippen LogP contribution is -2.29. The van der Waals surface area contributed by atoms with Gasteiger partial charge in [0.05, 0.1) is 5.75 Å². The van der Waals surface area contributed by atoms with Crippen molar-refractivity contribution in [1.82, 2.24) is 4.90 Å². The van der Waals surface area contributed by atoms with Crippen LogP contribution >= 0.6 is 0 Å². The molecule has 0 atom stereocenters. The second kappa shape index (κ2) is 5.94. The number of carboxylic acids is 1. The number of nitrogens with zero attached hydrogens (tertiary/aromatic N) is 1. The predicted molar refractivity (Wildman–Crippen MR) is 52.3 cm³/mol. The molecule has 0 saturated heterocycles. The summed E-state index contributed by atoms with van der Waals surface area (Å²) in [6, 6.07) is 0. The molecule has 0 heterocycles. The smallest absolute Gasteiger partial charge is 0.303 e. The van der Waals surface area contributed by atoms with Gasteiger partial charge in [-0.1, -0.05) is 0 Å². The number of sulfonamides is 1. The van der Waals surface area contributed by atoms with Gasteiger partial charge < -0.3 is 10.0 Å². The summed E-state index contributed by atoms with van der Waals surface area (Å²) in [6.45, 7) is 0.889. The SMILES string of the molecule is CN(CCCC(=O)O)CCS(N)(=O)=O. The summed E-state index contributed by atoms with van der Waals surface area (Å²) >= 11 is 0. The highest BCUT2D eigenvalue weighted by atomic mass is 32.2. The molecule has 0 bridgehead atoms. The van der Waals surface area contributed by atoms with Crippen LogP contribution in [-0.4, -0.2) is 50.3 Å². The minimum atomic E-state index is -3.42. The summed E-state index contributed by atoms with van der Waals surface area (Å²) < 4.78 is 21.1. The molecule has 14 heavy (non-hydrogen) atoms. The van der Waals surface area contributed by atoms with E-state index in [9.17, 15) is 13.2 Å². The highest BCUT2D eigenvalue weighted by molar-refractivity contribution is 7.89. The minimum Gasteiger partial charge on any atom is -0.481 e. The van der Waals surface area contributed by atoms with Gasteiger partial charge in [0, 0.05) is 13.0 Å². The van der Waals surface area contributed by atoms with E-state index < -0.39 is 16.0 Å². The maximum absolute atomic E-state index is 10.6. The summed E-state index contributed by atoms with van der Waals surface area (Å²) in [5, 5.41) is 13.2. The number of carbonyl (C=O) groups is 1. The summed E-state index contributed by atoms with van der Waals surface area (Å²) in [4.78, 5) is 11.9. The van der Waals surface area contributed by atoms with Crippen LogP contribution in [0.15, 0.2) is 0 Å². The number of carboxylic acid groups (broad SMARTS) is 1. The summed E-state index contributed by atoms with van der Waals surface area (Å²) in [7, 11) is -1.69. The molecule has 3 N–H and O–H groups in total. The van der Waals surface area contributed by atoms with Gasteiger partial charge in [-0.05, 0) is 20.0 Å². The van der Waals surface area contributed by atoms with E-state index in [1.807, 2.05) is 0 Å². The van der Waals surface area contributed by atoms with Crippen LogP contribution in [0.4, 0.5) is 0 Å². The maximum atomic E-state index is 10.6. The van der Waals surface area contributed by atoms with E-state index in [2.05, 4.69) is 0 Å². The Hall–Kier alpha value is -0.660. The van der Waals surface area contributed by atoms with E-state index in [0.717, 1.165) is 0 Å². The summed E-state index contributed by atoms with van der Waals surface area (Å²) in [5.74, 6) is -0.943. The number of aliphatic carboxylic acids is 1. The van der Waals surface area contributed by atoms with Crippen molar-refractivity contribution < 1.29 is 18.3 Å². The van der Waals surface area contributed by atoms with E-state index in [4.69, 9.17) is 10.2 Å². The monoisotopic (exact) mass is 224 g/mol. The Labute approximate surface area is 83.7 Å². The molecule has 0 aromatic heterocycles. The molecule has 6 nitrogen and oxygen atoms in total. The van der Waals surface area contributed by atoms with Crippen LogP contribution in [0.5, 0.6) is 0 Å². The van der Waals surface area contributed by atoms with Gasteiger partial charge in [0.25, 0.3) is 0 Å². The van der Waals surface area contributed by atoms with E-state index in [0.29, 0.717) is 19.5 Å². The van der Waals surface area contributed by atoms with Gasteiger partial charge in [-0.15, -0.1) is 0 Å². The van der Waals surface area contributed by atoms with Crippen molar-refractivity contribution in [3.63, 3.8) is 0 Å². The molecule has 0 saturated carbocycles. The molecule has 0 unspecified atom stereocenters. The van der Waals surface area contributed by atoms with Crippen LogP contribution in [-0.2, 0) is 14.8 Å². The van der Waals surface area contributed by atoms with Crippen molar-refractivity contribution >= 4 is 16.0 Å². The Morgan fingerprint density at radius 2 is 2.00 bits per heavy atom. The van der Waals surface area contributed by atoms with Crippen LogP contribution in [0.3, 0.4) is 0 Å². The summed E-state index contributed by atoms with van der Waals surface area (Å²) in [5.41, 5.74) is 0. The van der Waals surface area contributed by atoms with Crippen LogP contribution in [0, 0.1) is 0 Å². The van der Waals surface area contributed by atoms with E-state index in [1.165, 1.54) is 0 Å². The zero-order valence-corrected chi connectivity index (χ0v) is 8.96. The Morgan fingerprint density at radius 3 is 2.43 bits per heavy atom. The molecule has 7 heteroatoms. The molecule has 0 fully saturated rings. The average molecular weight is 224 g/mol. The van der Waals surface area contributed by atoms with Crippen molar-refractivity contribution in [3.8, 4) is 0 Å². The van der Waals surface area contributed by atoms with Crippen molar-refractivity contribution in [2.45, 2.75) is 12.8 Å². The van der Waals surface area contributed by atoms with Gasteiger partial charge in [0.1, 0.15) is 0 Å². The van der Waals surface area contributed by atoms with Gasteiger partial charge in [0.2, 0.25) is 10.0 Å². The van der Waals surface area contributed by atoms with Crippen LogP contribution in [0.1, 0.15) is 12.8 Å². The van der Waals surface area contributed by atoms with Crippen molar-refractivity contribution in [2.24, 2.45) is 5.14 Å². The van der Waals surface area contributed by atoms with Crippen LogP contribution in [0.2, 0.25) is 0 Å². The van der Waals surface area contributed by atoms with Crippen LogP contribution in [0.25, 0.3) is 0 Å². The van der Waals surface area contributed by atoms with E-state index >= 15 is 0 Å². The zero-order valence-electron chi connectivity index (χ0n) is 8.14. The molecule has 0 aliphatic carbocycles. The van der Waals surface area contributed by atoms with E-state index in [1.54, 1.807) is 11.9 Å². The number of hydrogen-bond donors (Lipinski definition) is 2. The standard InChI is InChI=1S/C7H16N2O4S/c1-9(4-2-3-7(10)11)5-6-14(8,12)13/h2-6H2,1H3,(H,10,11)(H2,8,12,13). The molecule has 84 valence electrons. The first-order valence-electron chi connectivity index (χ1n) is 4.22. The predicted octanol–water partition coefficient (Wildman–Crippen LogP) is -0.928. The molecular weight excluding hydrogens is 208 g/mol. The second-order valence-electron chi connectivity index (χ2n) is 3.17. The third kappa shape index (κ3) is 9.43. The maximum Gasteiger partial charge on any atom is 0.303 e. The fourth-order valence-corrected chi connectivity index (χ4v) is 1.46. The van der Waals surface area contributed by atoms with Gasteiger partial charge in [-0.2, -0.15) is 0 Å². The number of hydrogen-bond acceptors (Lipinski definition) is 4. The number of rotatable bonds is 7. The van der Waals surface area contributed by atoms with Gasteiger partial charge in [-0.3, -0.25) is 4.79 Å². The Kier molecular flexibility index (Phi) is 5.66. The van der Waals surface area contributed by atoms with Crippen LogP contribution < -0.4 is 5.14 Å². The first-order valence-corrected chi connectivity index (χ1v) is 5.93. The molecule has 0 aromatic rings. The molecule has 0 spiro atoms. The quantitative estimate of drug-likeness (QED) is 0.582. The number of primary sulfonamides is 1. The molecule has 0 amide bonds. The molecular formula is C7H16N2O4S. The third-order valence-corrected chi connectivity index (χ3v) is 2.44. The summed E-state index contributed by atoms with van der Waals surface area (Å²) in [6.07, 6.45) is 0.607. The van der Waals surface area contributed by atoms with Crippen molar-refractivity contribution in [2.75, 3.05) is 25.9 Å². The highest BCUT2D eigenvalue weighted by Gasteiger charge is 2.06. The fraction of sp³-hybridized carbons (Fsp3) is 0.857. The molecule has 0 rings (SSSR count). The lowest BCUT2D eigenvalue weighted by Gasteiger charge is -2.14. The Bertz CT molecular complexity index is 275. The molecule has 0 aliphatic heterocycles. The Morgan fingerprint density at radius 1 is 1.43 bits per heavy atom. The number of nitrogens with two attached hydrogens (primary N) is 1. The molecule has 0 aromatic carbocycles.